The van der Waals surface area contributed by atoms with Crippen LogP contribution in [0.5, 0.6) is 5.75 Å². The summed E-state index contributed by atoms with van der Waals surface area (Å²) >= 11 is 0. The normalized spacial score (nSPS) is 17.8. The second kappa shape index (κ2) is 7.46. The lowest BCUT2D eigenvalue weighted by molar-refractivity contribution is 0.0620. The van der Waals surface area contributed by atoms with E-state index in [9.17, 15) is 4.79 Å². The number of piperazine rings is 1. The zero-order valence-corrected chi connectivity index (χ0v) is 13.8. The molecule has 7 heteroatoms. The Kier molecular flexibility index (Phi) is 5.12. The number of nitrogens with zero attached hydrogens (tertiary/aromatic N) is 2. The molecular weight excluding hydrogens is 310 g/mol. The minimum atomic E-state index is -0.154. The molecule has 0 saturated carbocycles. The van der Waals surface area contributed by atoms with Crippen molar-refractivity contribution in [3.05, 3.63) is 47.3 Å². The summed E-state index contributed by atoms with van der Waals surface area (Å²) < 4.78 is 15.6. The molecule has 1 N–H and O–H groups in total. The second-order valence-electron chi connectivity index (χ2n) is 5.57. The zero-order chi connectivity index (χ0) is 16.9. The molecule has 1 aliphatic rings. The molecule has 1 aromatic carbocycles. The van der Waals surface area contributed by atoms with Gasteiger partial charge in [-0.1, -0.05) is 23.4 Å². The standard InChI is InChI=1S/C17H21N3O4/c1-22-11-12-9-14(19-24-12)17(21)20-8-7-18-10-15(20)13-5-3-4-6-16(13)23-2/h3-6,9,15,18H,7-8,10-11H2,1-2H3. The summed E-state index contributed by atoms with van der Waals surface area (Å²) in [6.45, 7) is 2.28. The first-order valence-electron chi connectivity index (χ1n) is 7.83. The minimum absolute atomic E-state index is 0.120. The number of methoxy groups -OCH3 is 2. The number of amides is 1. The van der Waals surface area contributed by atoms with Crippen molar-refractivity contribution in [1.29, 1.82) is 0 Å². The highest BCUT2D eigenvalue weighted by molar-refractivity contribution is 5.92. The summed E-state index contributed by atoms with van der Waals surface area (Å²) in [5, 5.41) is 7.22. The molecule has 0 radical (unpaired) electrons. The minimum Gasteiger partial charge on any atom is -0.496 e. The van der Waals surface area contributed by atoms with E-state index in [4.69, 9.17) is 14.0 Å². The number of aromatic nitrogens is 1. The average molecular weight is 331 g/mol. The molecule has 1 aromatic heterocycles. The third-order valence-electron chi connectivity index (χ3n) is 4.07. The Labute approximate surface area is 140 Å². The van der Waals surface area contributed by atoms with E-state index in [0.29, 0.717) is 24.5 Å². The smallest absolute Gasteiger partial charge is 0.276 e. The number of para-hydroxylation sites is 1. The summed E-state index contributed by atoms with van der Waals surface area (Å²) in [5.41, 5.74) is 1.27. The lowest BCUT2D eigenvalue weighted by Gasteiger charge is -2.36. The van der Waals surface area contributed by atoms with Gasteiger partial charge in [0.05, 0.1) is 13.2 Å². The fourth-order valence-electron chi connectivity index (χ4n) is 2.94. The largest absolute Gasteiger partial charge is 0.496 e. The summed E-state index contributed by atoms with van der Waals surface area (Å²) in [4.78, 5) is 14.7. The van der Waals surface area contributed by atoms with Gasteiger partial charge in [-0.2, -0.15) is 0 Å². The molecule has 3 rings (SSSR count). The van der Waals surface area contributed by atoms with Crippen LogP contribution in [0.15, 0.2) is 34.9 Å². The van der Waals surface area contributed by atoms with Crippen LogP contribution in [0.3, 0.4) is 0 Å². The first-order valence-corrected chi connectivity index (χ1v) is 7.83. The lowest BCUT2D eigenvalue weighted by Crippen LogP contribution is -2.48. The number of carbonyl (C=O) groups excluding carboxylic acids is 1. The van der Waals surface area contributed by atoms with Crippen molar-refractivity contribution in [2.24, 2.45) is 0 Å². The van der Waals surface area contributed by atoms with Crippen molar-refractivity contribution in [3.63, 3.8) is 0 Å². The molecule has 0 spiro atoms. The molecule has 1 saturated heterocycles. The van der Waals surface area contributed by atoms with Crippen LogP contribution in [-0.4, -0.2) is 49.8 Å². The third kappa shape index (κ3) is 3.27. The van der Waals surface area contributed by atoms with Crippen LogP contribution < -0.4 is 10.1 Å². The van der Waals surface area contributed by atoms with Gasteiger partial charge in [0, 0.05) is 38.4 Å². The van der Waals surface area contributed by atoms with Gasteiger partial charge in [0.2, 0.25) is 0 Å². The van der Waals surface area contributed by atoms with E-state index < -0.39 is 0 Å². The number of ether oxygens (including phenoxy) is 2. The van der Waals surface area contributed by atoms with E-state index >= 15 is 0 Å². The quantitative estimate of drug-likeness (QED) is 0.897. The summed E-state index contributed by atoms with van der Waals surface area (Å²) in [7, 11) is 3.20. The maximum Gasteiger partial charge on any atom is 0.276 e. The second-order valence-corrected chi connectivity index (χ2v) is 5.57. The number of hydrogen-bond acceptors (Lipinski definition) is 6. The van der Waals surface area contributed by atoms with Crippen molar-refractivity contribution in [2.75, 3.05) is 33.9 Å². The summed E-state index contributed by atoms with van der Waals surface area (Å²) in [5.74, 6) is 1.15. The van der Waals surface area contributed by atoms with Gasteiger partial charge in [-0.05, 0) is 6.07 Å². The van der Waals surface area contributed by atoms with E-state index in [0.717, 1.165) is 17.9 Å². The SMILES string of the molecule is COCc1cc(C(=O)N2CCNCC2c2ccccc2OC)no1. The van der Waals surface area contributed by atoms with Gasteiger partial charge in [0.25, 0.3) is 5.91 Å². The van der Waals surface area contributed by atoms with Crippen LogP contribution in [0, 0.1) is 0 Å². The molecule has 128 valence electrons. The Morgan fingerprint density at radius 3 is 3.04 bits per heavy atom. The maximum absolute atomic E-state index is 12.9. The fraction of sp³-hybridized carbons (Fsp3) is 0.412. The molecule has 1 aliphatic heterocycles. The predicted octanol–water partition coefficient (Wildman–Crippen LogP) is 1.62. The molecule has 1 unspecified atom stereocenters. The molecule has 2 aromatic rings. The Morgan fingerprint density at radius 2 is 2.25 bits per heavy atom. The van der Waals surface area contributed by atoms with Gasteiger partial charge >= 0.3 is 0 Å². The van der Waals surface area contributed by atoms with Crippen LogP contribution in [0.4, 0.5) is 0 Å². The molecule has 0 bridgehead atoms. The van der Waals surface area contributed by atoms with Crippen LogP contribution in [0.25, 0.3) is 0 Å². The van der Waals surface area contributed by atoms with Gasteiger partial charge in [0.1, 0.15) is 12.4 Å². The maximum atomic E-state index is 12.9. The van der Waals surface area contributed by atoms with Crippen LogP contribution >= 0.6 is 0 Å². The number of hydrogen-bond donors (Lipinski definition) is 1. The van der Waals surface area contributed by atoms with E-state index in [-0.39, 0.29) is 18.6 Å². The number of benzene rings is 1. The zero-order valence-electron chi connectivity index (χ0n) is 13.8. The molecule has 2 heterocycles. The van der Waals surface area contributed by atoms with Gasteiger partial charge < -0.3 is 24.2 Å². The van der Waals surface area contributed by atoms with Crippen molar-refractivity contribution < 1.29 is 18.8 Å². The van der Waals surface area contributed by atoms with Crippen molar-refractivity contribution in [2.45, 2.75) is 12.6 Å². The van der Waals surface area contributed by atoms with E-state index in [1.54, 1.807) is 20.3 Å². The van der Waals surface area contributed by atoms with E-state index in [1.807, 2.05) is 29.2 Å². The fourth-order valence-corrected chi connectivity index (χ4v) is 2.94. The van der Waals surface area contributed by atoms with Gasteiger partial charge in [-0.15, -0.1) is 0 Å². The third-order valence-corrected chi connectivity index (χ3v) is 4.07. The first-order chi connectivity index (χ1) is 11.7. The summed E-state index contributed by atoms with van der Waals surface area (Å²) in [6, 6.07) is 9.26. The number of carbonyl (C=O) groups is 1. The Balaban J connectivity index is 1.87. The van der Waals surface area contributed by atoms with Gasteiger partial charge in [-0.25, -0.2) is 0 Å². The van der Waals surface area contributed by atoms with E-state index in [1.165, 1.54) is 0 Å². The van der Waals surface area contributed by atoms with Gasteiger partial charge in [0.15, 0.2) is 11.5 Å². The van der Waals surface area contributed by atoms with Crippen LogP contribution in [0.2, 0.25) is 0 Å². The van der Waals surface area contributed by atoms with Crippen LogP contribution in [-0.2, 0) is 11.3 Å². The molecule has 1 fully saturated rings. The van der Waals surface area contributed by atoms with Crippen molar-refractivity contribution in [3.8, 4) is 5.75 Å². The summed E-state index contributed by atoms with van der Waals surface area (Å²) in [6.07, 6.45) is 0. The average Bonchev–Trinajstić information content (AvgIpc) is 3.10. The first kappa shape index (κ1) is 16.5. The highest BCUT2D eigenvalue weighted by atomic mass is 16.5. The van der Waals surface area contributed by atoms with E-state index in [2.05, 4.69) is 10.5 Å². The highest BCUT2D eigenvalue weighted by Gasteiger charge is 2.31. The Bertz CT molecular complexity index is 701. The van der Waals surface area contributed by atoms with Gasteiger partial charge in [-0.3, -0.25) is 4.79 Å². The highest BCUT2D eigenvalue weighted by Crippen LogP contribution is 2.31. The van der Waals surface area contributed by atoms with Crippen molar-refractivity contribution in [1.82, 2.24) is 15.4 Å². The Morgan fingerprint density at radius 1 is 1.42 bits per heavy atom. The lowest BCUT2D eigenvalue weighted by atomic mass is 10.0. The van der Waals surface area contributed by atoms with Crippen molar-refractivity contribution >= 4 is 5.91 Å². The Hall–Kier alpha value is -2.38. The molecule has 0 aliphatic carbocycles. The molecule has 1 amide bonds. The number of rotatable bonds is 5. The molecular formula is C17H21N3O4. The molecule has 24 heavy (non-hydrogen) atoms. The topological polar surface area (TPSA) is 76.8 Å². The molecule has 7 nitrogen and oxygen atoms in total. The van der Waals surface area contributed by atoms with Crippen LogP contribution in [0.1, 0.15) is 27.9 Å². The molecule has 1 atom stereocenters. The predicted molar refractivity (Wildman–Crippen MR) is 86.9 cm³/mol. The number of nitrogens with one attached hydrogen (secondary N) is 1. The monoisotopic (exact) mass is 331 g/mol.